The van der Waals surface area contributed by atoms with Gasteiger partial charge in [-0.2, -0.15) is 0 Å². The van der Waals surface area contributed by atoms with Gasteiger partial charge < -0.3 is 43.7 Å². The molecular formula is C38H57F2N5O9. The second-order valence-electron chi connectivity index (χ2n) is 14.8. The van der Waals surface area contributed by atoms with Crippen molar-refractivity contribution in [3.05, 3.63) is 35.5 Å². The van der Waals surface area contributed by atoms with Crippen LogP contribution < -0.4 is 5.32 Å². The van der Waals surface area contributed by atoms with Gasteiger partial charge in [0.15, 0.2) is 11.6 Å². The number of aliphatic hydroxyl groups excluding tert-OH is 1. The molecule has 2 aliphatic rings. The topological polar surface area (TPSA) is 152 Å². The van der Waals surface area contributed by atoms with Crippen LogP contribution in [0.25, 0.3) is 10.9 Å². The Morgan fingerprint density at radius 3 is 2.06 bits per heavy atom. The number of aliphatic hydroxyl groups is 1. The monoisotopic (exact) mass is 765 g/mol. The average Bonchev–Trinajstić information content (AvgIpc) is 3.49. The smallest absolute Gasteiger partial charge is 0.410 e. The zero-order chi connectivity index (χ0) is 39.4. The summed E-state index contributed by atoms with van der Waals surface area (Å²) in [6.07, 6.45) is 3.88. The standard InChI is InChI=1S/C38H57F2N5O9/c1-26(42(5)37(50)54-38(2,3)4)34(47)41-33(27-9-7-6-8-10-27)36(49)44-13-11-43(12-14-44)35(48)32-24-28-23-29(39)30(40)25-31(28)45(32)15-17-51-19-21-53-22-20-52-18-16-46/h23-27,33,46H,6-22H2,1-5H3,(H,41,47). The Morgan fingerprint density at radius 1 is 0.870 bits per heavy atom. The van der Waals surface area contributed by atoms with E-state index in [-0.39, 0.29) is 82.6 Å². The molecule has 2 atom stereocenters. The summed E-state index contributed by atoms with van der Waals surface area (Å²) >= 11 is 0. The molecule has 1 aromatic heterocycles. The SMILES string of the molecule is CC(C(=O)NC(C(=O)N1CCN(C(=O)c2cc3cc(F)c(F)cc3n2CCOCCOCCOCCO)CC1)C1CCCCC1)N(C)C(=O)OC(C)(C)C. The van der Waals surface area contributed by atoms with Crippen LogP contribution in [-0.4, -0.2) is 145 Å². The fraction of sp³-hybridized carbons (Fsp3) is 0.684. The first-order valence-electron chi connectivity index (χ1n) is 18.9. The lowest BCUT2D eigenvalue weighted by atomic mass is 9.83. The number of rotatable bonds is 17. The van der Waals surface area contributed by atoms with Crippen LogP contribution in [0.5, 0.6) is 0 Å². The molecule has 2 heterocycles. The van der Waals surface area contributed by atoms with E-state index in [1.54, 1.807) is 42.1 Å². The third-order valence-corrected chi connectivity index (χ3v) is 9.81. The highest BCUT2D eigenvalue weighted by molar-refractivity contribution is 5.99. The predicted octanol–water partition coefficient (Wildman–Crippen LogP) is 3.57. The maximum absolute atomic E-state index is 14.4. The van der Waals surface area contributed by atoms with E-state index in [0.29, 0.717) is 30.7 Å². The van der Waals surface area contributed by atoms with Crippen molar-refractivity contribution >= 4 is 34.7 Å². The number of hydrogen-bond acceptors (Lipinski definition) is 9. The molecule has 0 bridgehead atoms. The predicted molar refractivity (Wildman–Crippen MR) is 196 cm³/mol. The Labute approximate surface area is 316 Å². The van der Waals surface area contributed by atoms with Crippen LogP contribution in [0.4, 0.5) is 13.6 Å². The zero-order valence-corrected chi connectivity index (χ0v) is 32.2. The average molecular weight is 766 g/mol. The molecule has 2 aromatic rings. The van der Waals surface area contributed by atoms with Gasteiger partial charge in [0.05, 0.1) is 51.8 Å². The van der Waals surface area contributed by atoms with Crippen molar-refractivity contribution in [1.29, 1.82) is 0 Å². The molecule has 1 aliphatic carbocycles. The molecule has 0 spiro atoms. The molecule has 1 aromatic carbocycles. The number of nitrogens with zero attached hydrogens (tertiary/aromatic N) is 4. The van der Waals surface area contributed by atoms with Gasteiger partial charge >= 0.3 is 6.09 Å². The van der Waals surface area contributed by atoms with E-state index in [4.69, 9.17) is 24.1 Å². The lowest BCUT2D eigenvalue weighted by molar-refractivity contribution is -0.140. The summed E-state index contributed by atoms with van der Waals surface area (Å²) in [5, 5.41) is 12.1. The van der Waals surface area contributed by atoms with Gasteiger partial charge in [-0.25, -0.2) is 13.6 Å². The number of carbonyl (C=O) groups is 4. The van der Waals surface area contributed by atoms with Gasteiger partial charge in [-0.3, -0.25) is 19.3 Å². The normalized spacial score (nSPS) is 16.7. The van der Waals surface area contributed by atoms with E-state index in [2.05, 4.69) is 5.32 Å². The number of nitrogens with one attached hydrogen (secondary N) is 1. The van der Waals surface area contributed by atoms with Crippen molar-refractivity contribution in [2.24, 2.45) is 5.92 Å². The van der Waals surface area contributed by atoms with Crippen LogP contribution in [-0.2, 0) is 35.1 Å². The molecule has 54 heavy (non-hydrogen) atoms. The van der Waals surface area contributed by atoms with Crippen LogP contribution in [0.15, 0.2) is 18.2 Å². The molecule has 0 radical (unpaired) electrons. The number of piperazine rings is 1. The second-order valence-corrected chi connectivity index (χ2v) is 14.8. The largest absolute Gasteiger partial charge is 0.444 e. The third kappa shape index (κ3) is 11.8. The van der Waals surface area contributed by atoms with Crippen molar-refractivity contribution in [2.45, 2.75) is 84.0 Å². The van der Waals surface area contributed by atoms with E-state index in [1.165, 1.54) is 18.0 Å². The molecule has 1 saturated carbocycles. The maximum atomic E-state index is 14.4. The minimum Gasteiger partial charge on any atom is -0.444 e. The van der Waals surface area contributed by atoms with Crippen molar-refractivity contribution in [1.82, 2.24) is 24.6 Å². The number of carbonyl (C=O) groups excluding carboxylic acids is 4. The van der Waals surface area contributed by atoms with Crippen molar-refractivity contribution in [3.8, 4) is 0 Å². The Balaban J connectivity index is 1.40. The number of aromatic nitrogens is 1. The van der Waals surface area contributed by atoms with Crippen molar-refractivity contribution < 1.29 is 52.0 Å². The van der Waals surface area contributed by atoms with Gasteiger partial charge in [-0.05, 0) is 58.6 Å². The van der Waals surface area contributed by atoms with Gasteiger partial charge in [-0.15, -0.1) is 0 Å². The molecule has 2 unspecified atom stereocenters. The molecule has 14 nitrogen and oxygen atoms in total. The Hall–Kier alpha value is -3.86. The number of benzene rings is 1. The fourth-order valence-electron chi connectivity index (χ4n) is 6.72. The fourth-order valence-corrected chi connectivity index (χ4v) is 6.72. The molecule has 1 saturated heterocycles. The second kappa shape index (κ2) is 20.2. The Morgan fingerprint density at radius 2 is 1.44 bits per heavy atom. The van der Waals surface area contributed by atoms with Gasteiger partial charge in [0.25, 0.3) is 5.91 Å². The number of amides is 4. The highest BCUT2D eigenvalue weighted by atomic mass is 19.2. The summed E-state index contributed by atoms with van der Waals surface area (Å²) < 4.78 is 51.9. The number of fused-ring (bicyclic) bond motifs is 1. The summed E-state index contributed by atoms with van der Waals surface area (Å²) in [7, 11) is 1.49. The van der Waals surface area contributed by atoms with Gasteiger partial charge in [0, 0.05) is 51.2 Å². The molecule has 302 valence electrons. The number of hydrogen-bond donors (Lipinski definition) is 2. The molecule has 2 N–H and O–H groups in total. The molecule has 16 heteroatoms. The van der Waals surface area contributed by atoms with E-state index >= 15 is 0 Å². The molecule has 1 aliphatic heterocycles. The highest BCUT2D eigenvalue weighted by Gasteiger charge is 2.38. The van der Waals surface area contributed by atoms with Crippen LogP contribution in [0.1, 0.15) is 70.3 Å². The summed E-state index contributed by atoms with van der Waals surface area (Å²) in [4.78, 5) is 58.7. The maximum Gasteiger partial charge on any atom is 0.410 e. The lowest BCUT2D eigenvalue weighted by Gasteiger charge is -2.39. The summed E-state index contributed by atoms with van der Waals surface area (Å²) in [5.74, 6) is -3.15. The minimum absolute atomic E-state index is 0.0610. The van der Waals surface area contributed by atoms with Crippen molar-refractivity contribution in [3.63, 3.8) is 0 Å². The van der Waals surface area contributed by atoms with Gasteiger partial charge in [-0.1, -0.05) is 19.3 Å². The highest BCUT2D eigenvalue weighted by Crippen LogP contribution is 2.29. The first kappa shape index (κ1) is 42.9. The summed E-state index contributed by atoms with van der Waals surface area (Å²) in [6, 6.07) is 2.00. The lowest BCUT2D eigenvalue weighted by Crippen LogP contribution is -2.59. The van der Waals surface area contributed by atoms with E-state index in [0.717, 1.165) is 44.2 Å². The molecule has 4 amide bonds. The minimum atomic E-state index is -1.03. The zero-order valence-electron chi connectivity index (χ0n) is 32.2. The third-order valence-electron chi connectivity index (χ3n) is 9.81. The van der Waals surface area contributed by atoms with Gasteiger partial charge in [0.2, 0.25) is 11.8 Å². The van der Waals surface area contributed by atoms with Crippen LogP contribution in [0.2, 0.25) is 0 Å². The Kier molecular flexibility index (Phi) is 16.0. The van der Waals surface area contributed by atoms with E-state index in [1.807, 2.05) is 0 Å². The van der Waals surface area contributed by atoms with E-state index < -0.39 is 41.3 Å². The summed E-state index contributed by atoms with van der Waals surface area (Å²) in [5.41, 5.74) is -0.142. The summed E-state index contributed by atoms with van der Waals surface area (Å²) in [6.45, 7) is 9.52. The Bertz CT molecular complexity index is 1570. The number of likely N-dealkylation sites (N-methyl/N-ethyl adjacent to an activating group) is 1. The number of halogens is 2. The van der Waals surface area contributed by atoms with E-state index in [9.17, 15) is 28.0 Å². The van der Waals surface area contributed by atoms with Crippen molar-refractivity contribution in [2.75, 3.05) is 79.5 Å². The quantitative estimate of drug-likeness (QED) is 0.231. The van der Waals surface area contributed by atoms with Crippen LogP contribution >= 0.6 is 0 Å². The molecule has 4 rings (SSSR count). The first-order valence-corrected chi connectivity index (χ1v) is 18.9. The van der Waals surface area contributed by atoms with Crippen LogP contribution in [0.3, 0.4) is 0 Å². The molecular weight excluding hydrogens is 708 g/mol. The number of ether oxygens (including phenoxy) is 4. The first-order chi connectivity index (χ1) is 25.7. The van der Waals surface area contributed by atoms with Gasteiger partial charge in [0.1, 0.15) is 23.4 Å². The van der Waals surface area contributed by atoms with Crippen LogP contribution in [0, 0.1) is 17.6 Å². The molecule has 2 fully saturated rings.